The minimum Gasteiger partial charge on any atom is -0.314 e. The Bertz CT molecular complexity index is 426. The predicted octanol–water partition coefficient (Wildman–Crippen LogP) is 2.79. The monoisotopic (exact) mass is 273 g/mol. The number of rotatable bonds is 4. The Morgan fingerprint density at radius 1 is 1.25 bits per heavy atom. The van der Waals surface area contributed by atoms with Gasteiger partial charge in [-0.25, -0.2) is 0 Å². The van der Waals surface area contributed by atoms with Crippen molar-refractivity contribution in [1.29, 1.82) is 0 Å². The Balaban J connectivity index is 1.60. The molecule has 2 heterocycles. The molecule has 3 atom stereocenters. The number of hydrogen-bond donors (Lipinski definition) is 2. The van der Waals surface area contributed by atoms with Crippen molar-refractivity contribution in [3.8, 4) is 0 Å². The third-order valence-electron chi connectivity index (χ3n) is 5.08. The molecule has 2 fully saturated rings. The number of nitrogens with one attached hydrogen (secondary N) is 2. The van der Waals surface area contributed by atoms with Crippen molar-refractivity contribution in [2.24, 2.45) is 5.92 Å². The highest BCUT2D eigenvalue weighted by Gasteiger charge is 2.32. The second-order valence-electron chi connectivity index (χ2n) is 6.41. The predicted molar refractivity (Wildman–Crippen MR) is 82.6 cm³/mol. The van der Waals surface area contributed by atoms with Crippen molar-refractivity contribution < 1.29 is 0 Å². The summed E-state index contributed by atoms with van der Waals surface area (Å²) in [5.41, 5.74) is 2.50. The molecule has 1 saturated heterocycles. The summed E-state index contributed by atoms with van der Waals surface area (Å²) < 4.78 is 0. The van der Waals surface area contributed by atoms with Gasteiger partial charge in [0.2, 0.25) is 0 Å². The zero-order chi connectivity index (χ0) is 13.8. The molecule has 1 aliphatic carbocycles. The highest BCUT2D eigenvalue weighted by Crippen LogP contribution is 2.30. The second kappa shape index (κ2) is 6.68. The largest absolute Gasteiger partial charge is 0.314 e. The highest BCUT2D eigenvalue weighted by molar-refractivity contribution is 5.17. The summed E-state index contributed by atoms with van der Waals surface area (Å²) in [4.78, 5) is 4.51. The molecule has 0 bridgehead atoms. The lowest BCUT2D eigenvalue weighted by atomic mass is 9.79. The van der Waals surface area contributed by atoms with Crippen LogP contribution in [0.5, 0.6) is 0 Å². The van der Waals surface area contributed by atoms with Gasteiger partial charge in [0.15, 0.2) is 0 Å². The van der Waals surface area contributed by atoms with Gasteiger partial charge in [-0.2, -0.15) is 0 Å². The van der Waals surface area contributed by atoms with Crippen LogP contribution in [0.2, 0.25) is 0 Å². The van der Waals surface area contributed by atoms with Crippen LogP contribution >= 0.6 is 0 Å². The molecule has 3 rings (SSSR count). The minimum absolute atomic E-state index is 0.667. The number of nitrogens with zero attached hydrogens (tertiary/aromatic N) is 1. The van der Waals surface area contributed by atoms with E-state index in [0.717, 1.165) is 18.5 Å². The van der Waals surface area contributed by atoms with Crippen LogP contribution in [0, 0.1) is 12.8 Å². The molecular weight excluding hydrogens is 246 g/mol. The zero-order valence-electron chi connectivity index (χ0n) is 12.6. The maximum absolute atomic E-state index is 4.51. The van der Waals surface area contributed by atoms with Gasteiger partial charge in [-0.1, -0.05) is 18.9 Å². The smallest absolute Gasteiger partial charge is 0.0570 e. The third-order valence-corrected chi connectivity index (χ3v) is 5.08. The first kappa shape index (κ1) is 14.0. The van der Waals surface area contributed by atoms with E-state index in [2.05, 4.69) is 28.6 Å². The van der Waals surface area contributed by atoms with Crippen LogP contribution in [0.3, 0.4) is 0 Å². The van der Waals surface area contributed by atoms with Crippen molar-refractivity contribution in [2.45, 2.75) is 64.1 Å². The van der Waals surface area contributed by atoms with E-state index < -0.39 is 0 Å². The van der Waals surface area contributed by atoms with Crippen molar-refractivity contribution in [3.05, 3.63) is 29.6 Å². The zero-order valence-corrected chi connectivity index (χ0v) is 12.6. The van der Waals surface area contributed by atoms with Crippen LogP contribution in [0.25, 0.3) is 0 Å². The van der Waals surface area contributed by atoms with E-state index in [4.69, 9.17) is 0 Å². The average molecular weight is 273 g/mol. The normalized spacial score (nSPS) is 30.6. The molecule has 3 unspecified atom stereocenters. The summed E-state index contributed by atoms with van der Waals surface area (Å²) in [5.74, 6) is 0.815. The lowest BCUT2D eigenvalue weighted by molar-refractivity contribution is 0.213. The van der Waals surface area contributed by atoms with E-state index in [1.807, 2.05) is 12.3 Å². The van der Waals surface area contributed by atoms with Gasteiger partial charge in [-0.05, 0) is 56.7 Å². The van der Waals surface area contributed by atoms with Gasteiger partial charge in [-0.3, -0.25) is 4.98 Å². The van der Waals surface area contributed by atoms with Crippen molar-refractivity contribution >= 4 is 0 Å². The minimum atomic E-state index is 0.667. The first-order valence-corrected chi connectivity index (χ1v) is 8.22. The van der Waals surface area contributed by atoms with E-state index in [9.17, 15) is 0 Å². The van der Waals surface area contributed by atoms with Gasteiger partial charge >= 0.3 is 0 Å². The molecule has 0 aromatic carbocycles. The van der Waals surface area contributed by atoms with Crippen molar-refractivity contribution in [3.63, 3.8) is 0 Å². The van der Waals surface area contributed by atoms with Crippen molar-refractivity contribution in [1.82, 2.24) is 15.6 Å². The van der Waals surface area contributed by atoms with Crippen LogP contribution < -0.4 is 10.6 Å². The molecule has 0 spiro atoms. The first-order chi connectivity index (χ1) is 9.84. The van der Waals surface area contributed by atoms with Crippen LogP contribution in [-0.4, -0.2) is 23.6 Å². The summed E-state index contributed by atoms with van der Waals surface area (Å²) in [6.45, 7) is 4.29. The SMILES string of the molecule is Cc1cccnc1CNC1CCCCC1C1CCCN1. The van der Waals surface area contributed by atoms with Crippen LogP contribution in [0.15, 0.2) is 18.3 Å². The maximum atomic E-state index is 4.51. The van der Waals surface area contributed by atoms with Gasteiger partial charge in [0, 0.05) is 24.8 Å². The topological polar surface area (TPSA) is 37.0 Å². The molecule has 0 radical (unpaired) electrons. The Kier molecular flexibility index (Phi) is 4.69. The Morgan fingerprint density at radius 3 is 2.95 bits per heavy atom. The van der Waals surface area contributed by atoms with Gasteiger partial charge in [0.25, 0.3) is 0 Å². The highest BCUT2D eigenvalue weighted by atomic mass is 15.0. The van der Waals surface area contributed by atoms with Gasteiger partial charge in [0.05, 0.1) is 5.69 Å². The molecular formula is C17H27N3. The summed E-state index contributed by atoms with van der Waals surface area (Å²) in [6, 6.07) is 5.59. The Morgan fingerprint density at radius 2 is 2.15 bits per heavy atom. The second-order valence-corrected chi connectivity index (χ2v) is 6.41. The summed E-state index contributed by atoms with van der Waals surface area (Å²) in [7, 11) is 0. The first-order valence-electron chi connectivity index (χ1n) is 8.22. The fraction of sp³-hybridized carbons (Fsp3) is 0.706. The number of aryl methyl sites for hydroxylation is 1. The lowest BCUT2D eigenvalue weighted by Crippen LogP contribution is -2.46. The molecule has 2 aliphatic rings. The molecule has 1 saturated carbocycles. The molecule has 3 heteroatoms. The number of aromatic nitrogens is 1. The van der Waals surface area contributed by atoms with Gasteiger partial charge in [-0.15, -0.1) is 0 Å². The van der Waals surface area contributed by atoms with Gasteiger partial charge in [0.1, 0.15) is 0 Å². The molecule has 0 amide bonds. The summed E-state index contributed by atoms with van der Waals surface area (Å²) in [6.07, 6.45) is 10.1. The quantitative estimate of drug-likeness (QED) is 0.886. The van der Waals surface area contributed by atoms with Crippen LogP contribution in [-0.2, 0) is 6.54 Å². The van der Waals surface area contributed by atoms with E-state index in [-0.39, 0.29) is 0 Å². The third kappa shape index (κ3) is 3.21. The van der Waals surface area contributed by atoms with E-state index >= 15 is 0 Å². The summed E-state index contributed by atoms with van der Waals surface area (Å²) >= 11 is 0. The van der Waals surface area contributed by atoms with E-state index in [1.165, 1.54) is 56.3 Å². The number of hydrogen-bond acceptors (Lipinski definition) is 3. The molecule has 110 valence electrons. The van der Waals surface area contributed by atoms with E-state index in [0.29, 0.717) is 6.04 Å². The number of pyridine rings is 1. The molecule has 3 nitrogen and oxygen atoms in total. The molecule has 2 N–H and O–H groups in total. The van der Waals surface area contributed by atoms with Crippen molar-refractivity contribution in [2.75, 3.05) is 6.54 Å². The molecule has 1 aromatic rings. The fourth-order valence-electron chi connectivity index (χ4n) is 3.90. The van der Waals surface area contributed by atoms with Crippen LogP contribution in [0.1, 0.15) is 49.8 Å². The standard InChI is InChI=1S/C17H27N3/c1-13-6-4-10-19-17(13)12-20-16-8-3-2-7-14(16)15-9-5-11-18-15/h4,6,10,14-16,18,20H,2-3,5,7-9,11-12H2,1H3. The lowest BCUT2D eigenvalue weighted by Gasteiger charge is -2.36. The van der Waals surface area contributed by atoms with Crippen LogP contribution in [0.4, 0.5) is 0 Å². The molecule has 20 heavy (non-hydrogen) atoms. The van der Waals surface area contributed by atoms with Gasteiger partial charge < -0.3 is 10.6 Å². The fourth-order valence-corrected chi connectivity index (χ4v) is 3.90. The molecule has 1 aliphatic heterocycles. The molecule has 1 aromatic heterocycles. The Labute approximate surface area is 122 Å². The van der Waals surface area contributed by atoms with E-state index in [1.54, 1.807) is 0 Å². The summed E-state index contributed by atoms with van der Waals surface area (Å²) in [5, 5.41) is 7.51. The maximum Gasteiger partial charge on any atom is 0.0570 e. The average Bonchev–Trinajstić information content (AvgIpc) is 3.01. The Hall–Kier alpha value is -0.930.